The van der Waals surface area contributed by atoms with E-state index < -0.39 is 0 Å². The molecule has 7 heteroatoms. The molecule has 0 amide bonds. The normalized spacial score (nSPS) is 12.4. The number of hydrogen-bond donors (Lipinski definition) is 2. The predicted molar refractivity (Wildman–Crippen MR) is 110 cm³/mol. The maximum absolute atomic E-state index is 5.78. The van der Waals surface area contributed by atoms with E-state index in [2.05, 4.69) is 45.0 Å². The van der Waals surface area contributed by atoms with E-state index in [4.69, 9.17) is 11.6 Å². The smallest absolute Gasteiger partial charge is 0.191 e. The van der Waals surface area contributed by atoms with Gasteiger partial charge in [0.05, 0.1) is 0 Å². The van der Waals surface area contributed by atoms with E-state index in [1.54, 1.807) is 24.6 Å². The number of halogens is 2. The number of pyridine rings is 1. The quantitative estimate of drug-likeness (QED) is 0.295. The van der Waals surface area contributed by atoms with Gasteiger partial charge >= 0.3 is 0 Å². The molecule has 0 aliphatic rings. The third-order valence-electron chi connectivity index (χ3n) is 3.32. The summed E-state index contributed by atoms with van der Waals surface area (Å²) in [5.74, 6) is 1.30. The lowest BCUT2D eigenvalue weighted by Crippen LogP contribution is -2.39. The van der Waals surface area contributed by atoms with E-state index in [1.165, 1.54) is 4.88 Å². The van der Waals surface area contributed by atoms with Crippen LogP contribution < -0.4 is 10.6 Å². The predicted octanol–water partition coefficient (Wildman–Crippen LogP) is 3.93. The third kappa shape index (κ3) is 7.05. The zero-order valence-electron chi connectivity index (χ0n) is 13.3. The third-order valence-corrected chi connectivity index (χ3v) is 4.65. The highest BCUT2D eigenvalue weighted by Crippen LogP contribution is 2.19. The standard InChI is InChI=1S/C16H21ClN4S.HI/c1-12(14-4-3-9-22-14)10-21-16(18-2)19-8-7-13-5-6-15(17)20-11-13;/h3-6,9,11-12H,7-8,10H2,1-2H3,(H2,18,19,21);1H. The first-order valence-electron chi connectivity index (χ1n) is 7.27. The summed E-state index contributed by atoms with van der Waals surface area (Å²) in [7, 11) is 1.79. The van der Waals surface area contributed by atoms with Gasteiger partial charge in [-0.2, -0.15) is 0 Å². The van der Waals surface area contributed by atoms with Crippen molar-refractivity contribution < 1.29 is 0 Å². The number of aromatic nitrogens is 1. The molecule has 23 heavy (non-hydrogen) atoms. The molecule has 2 aromatic rings. The SMILES string of the molecule is CN=C(NCCc1ccc(Cl)nc1)NCC(C)c1cccs1.I. The molecule has 2 N–H and O–H groups in total. The molecular formula is C16H22ClIN4S. The van der Waals surface area contributed by atoms with E-state index in [9.17, 15) is 0 Å². The zero-order chi connectivity index (χ0) is 15.8. The highest BCUT2D eigenvalue weighted by atomic mass is 127. The number of hydrogen-bond acceptors (Lipinski definition) is 3. The molecular weight excluding hydrogens is 443 g/mol. The molecule has 126 valence electrons. The van der Waals surface area contributed by atoms with Gasteiger partial charge in [-0.1, -0.05) is 30.7 Å². The van der Waals surface area contributed by atoms with Crippen LogP contribution in [0.2, 0.25) is 5.15 Å². The van der Waals surface area contributed by atoms with Crippen LogP contribution in [0.1, 0.15) is 23.3 Å². The van der Waals surface area contributed by atoms with Crippen LogP contribution >= 0.6 is 46.9 Å². The lowest BCUT2D eigenvalue weighted by molar-refractivity contribution is 0.707. The molecule has 1 atom stereocenters. The summed E-state index contributed by atoms with van der Waals surface area (Å²) in [6, 6.07) is 8.06. The Morgan fingerprint density at radius 1 is 1.35 bits per heavy atom. The molecule has 0 aliphatic heterocycles. The molecule has 0 saturated carbocycles. The number of rotatable bonds is 6. The molecule has 0 spiro atoms. The number of guanidine groups is 1. The van der Waals surface area contributed by atoms with Crippen LogP contribution in [0.5, 0.6) is 0 Å². The fraction of sp³-hybridized carbons (Fsp3) is 0.375. The van der Waals surface area contributed by atoms with Crippen LogP contribution in [0, 0.1) is 0 Å². The van der Waals surface area contributed by atoms with Crippen LogP contribution in [0.25, 0.3) is 0 Å². The Kier molecular flexibility index (Phi) is 9.50. The van der Waals surface area contributed by atoms with E-state index in [1.807, 2.05) is 12.1 Å². The van der Waals surface area contributed by atoms with Crippen molar-refractivity contribution in [1.82, 2.24) is 15.6 Å². The fourth-order valence-corrected chi connectivity index (χ4v) is 2.92. The summed E-state index contributed by atoms with van der Waals surface area (Å²) in [5, 5.41) is 9.31. The molecule has 0 saturated heterocycles. The van der Waals surface area contributed by atoms with E-state index in [-0.39, 0.29) is 24.0 Å². The maximum atomic E-state index is 5.78. The van der Waals surface area contributed by atoms with E-state index in [0.29, 0.717) is 11.1 Å². The molecule has 0 bridgehead atoms. The van der Waals surface area contributed by atoms with Gasteiger partial charge in [0, 0.05) is 37.1 Å². The van der Waals surface area contributed by atoms with Crippen LogP contribution in [0.4, 0.5) is 0 Å². The van der Waals surface area contributed by atoms with Crippen molar-refractivity contribution in [3.05, 3.63) is 51.4 Å². The molecule has 0 aliphatic carbocycles. The number of nitrogens with one attached hydrogen (secondary N) is 2. The van der Waals surface area contributed by atoms with Crippen molar-refractivity contribution in [1.29, 1.82) is 0 Å². The van der Waals surface area contributed by atoms with Crippen LogP contribution in [0.3, 0.4) is 0 Å². The molecule has 2 aromatic heterocycles. The largest absolute Gasteiger partial charge is 0.356 e. The lowest BCUT2D eigenvalue weighted by Gasteiger charge is -2.15. The van der Waals surface area contributed by atoms with Crippen molar-refractivity contribution in [3.63, 3.8) is 0 Å². The van der Waals surface area contributed by atoms with Crippen LogP contribution in [0.15, 0.2) is 40.8 Å². The molecule has 0 aromatic carbocycles. The molecule has 0 fully saturated rings. The fourth-order valence-electron chi connectivity index (χ4n) is 2.02. The van der Waals surface area contributed by atoms with Gasteiger partial charge in [0.2, 0.25) is 0 Å². The Morgan fingerprint density at radius 2 is 2.17 bits per heavy atom. The first-order valence-corrected chi connectivity index (χ1v) is 8.53. The maximum Gasteiger partial charge on any atom is 0.191 e. The summed E-state index contributed by atoms with van der Waals surface area (Å²) in [6.45, 7) is 3.88. The van der Waals surface area contributed by atoms with Crippen molar-refractivity contribution in [2.75, 3.05) is 20.1 Å². The monoisotopic (exact) mass is 464 g/mol. The number of thiophene rings is 1. The van der Waals surface area contributed by atoms with Gasteiger partial charge in [-0.05, 0) is 29.5 Å². The average Bonchev–Trinajstić information content (AvgIpc) is 3.06. The summed E-state index contributed by atoms with van der Waals surface area (Å²) in [4.78, 5) is 9.71. The molecule has 2 heterocycles. The topological polar surface area (TPSA) is 49.3 Å². The van der Waals surface area contributed by atoms with Crippen LogP contribution in [-0.2, 0) is 6.42 Å². The summed E-state index contributed by atoms with van der Waals surface area (Å²) < 4.78 is 0. The first-order chi connectivity index (χ1) is 10.7. The van der Waals surface area contributed by atoms with E-state index >= 15 is 0 Å². The second-order valence-corrected chi connectivity index (χ2v) is 6.40. The van der Waals surface area contributed by atoms with E-state index in [0.717, 1.165) is 31.0 Å². The highest BCUT2D eigenvalue weighted by molar-refractivity contribution is 14.0. The summed E-state index contributed by atoms with van der Waals surface area (Å²) >= 11 is 7.57. The lowest BCUT2D eigenvalue weighted by atomic mass is 10.1. The minimum absolute atomic E-state index is 0. The van der Waals surface area contributed by atoms with Gasteiger partial charge in [-0.25, -0.2) is 4.98 Å². The number of aliphatic imine (C=N–C) groups is 1. The average molecular weight is 465 g/mol. The Bertz CT molecular complexity index is 587. The Balaban J connectivity index is 0.00000264. The summed E-state index contributed by atoms with van der Waals surface area (Å²) in [6.07, 6.45) is 2.68. The first kappa shape index (κ1) is 20.2. The zero-order valence-corrected chi connectivity index (χ0v) is 17.2. The Hall–Kier alpha value is -0.860. The Labute approximate surface area is 163 Å². The van der Waals surface area contributed by atoms with Crippen molar-refractivity contribution in [3.8, 4) is 0 Å². The van der Waals surface area contributed by atoms with Gasteiger partial charge in [0.25, 0.3) is 0 Å². The minimum Gasteiger partial charge on any atom is -0.356 e. The number of nitrogens with zero attached hydrogens (tertiary/aromatic N) is 2. The molecule has 2 rings (SSSR count). The second-order valence-electron chi connectivity index (χ2n) is 5.04. The Morgan fingerprint density at radius 3 is 2.78 bits per heavy atom. The molecule has 4 nitrogen and oxygen atoms in total. The second kappa shape index (κ2) is 10.8. The highest BCUT2D eigenvalue weighted by Gasteiger charge is 2.07. The minimum atomic E-state index is 0. The van der Waals surface area contributed by atoms with Gasteiger partial charge in [-0.3, -0.25) is 4.99 Å². The van der Waals surface area contributed by atoms with Crippen molar-refractivity contribution in [2.24, 2.45) is 4.99 Å². The van der Waals surface area contributed by atoms with Crippen molar-refractivity contribution in [2.45, 2.75) is 19.3 Å². The van der Waals surface area contributed by atoms with Crippen molar-refractivity contribution >= 4 is 52.9 Å². The van der Waals surface area contributed by atoms with Gasteiger partial charge in [-0.15, -0.1) is 35.3 Å². The summed E-state index contributed by atoms with van der Waals surface area (Å²) in [5.41, 5.74) is 1.15. The van der Waals surface area contributed by atoms with Gasteiger partial charge < -0.3 is 10.6 Å². The van der Waals surface area contributed by atoms with Crippen LogP contribution in [-0.4, -0.2) is 31.1 Å². The molecule has 0 radical (unpaired) electrons. The van der Waals surface area contributed by atoms with Gasteiger partial charge in [0.15, 0.2) is 5.96 Å². The molecule has 1 unspecified atom stereocenters. The van der Waals surface area contributed by atoms with Gasteiger partial charge in [0.1, 0.15) is 5.15 Å².